The minimum atomic E-state index is -0.723. The molecule has 0 aliphatic carbocycles. The van der Waals surface area contributed by atoms with Crippen LogP contribution < -0.4 is 5.76 Å². The Morgan fingerprint density at radius 3 is 2.82 bits per heavy atom. The highest BCUT2D eigenvalue weighted by molar-refractivity contribution is 5.47. The van der Waals surface area contributed by atoms with Crippen LogP contribution in [0, 0.1) is 10.1 Å². The molecule has 0 aliphatic heterocycles. The normalized spacial score (nSPS) is 10.5. The van der Waals surface area contributed by atoms with Gasteiger partial charge in [-0.05, 0) is 0 Å². The van der Waals surface area contributed by atoms with E-state index >= 15 is 0 Å². The predicted molar refractivity (Wildman–Crippen MR) is 74.0 cm³/mol. The smallest absolute Gasteiger partial charge is 0.295 e. The van der Waals surface area contributed by atoms with Crippen molar-refractivity contribution in [1.82, 2.24) is 19.7 Å². The Hall–Kier alpha value is -3.36. The van der Waals surface area contributed by atoms with Crippen molar-refractivity contribution in [1.29, 1.82) is 0 Å². The van der Waals surface area contributed by atoms with Crippen molar-refractivity contribution in [3.63, 3.8) is 0 Å². The molecule has 0 amide bonds. The van der Waals surface area contributed by atoms with E-state index in [1.54, 1.807) is 18.2 Å². The Bertz CT molecular complexity index is 871. The second-order valence-corrected chi connectivity index (χ2v) is 4.33. The van der Waals surface area contributed by atoms with E-state index in [2.05, 4.69) is 19.6 Å². The fourth-order valence-electron chi connectivity index (χ4n) is 2.00. The molecular formula is C13H9N5O4. The second-order valence-electron chi connectivity index (χ2n) is 4.33. The lowest BCUT2D eigenvalue weighted by atomic mass is 10.2. The van der Waals surface area contributed by atoms with Crippen LogP contribution in [0.25, 0.3) is 11.5 Å². The van der Waals surface area contributed by atoms with Gasteiger partial charge in [0.25, 0.3) is 5.69 Å². The summed E-state index contributed by atoms with van der Waals surface area (Å²) >= 11 is 0. The van der Waals surface area contributed by atoms with E-state index in [-0.39, 0.29) is 18.1 Å². The molecule has 110 valence electrons. The number of hydrogen-bond acceptors (Lipinski definition) is 7. The number of nitro benzene ring substituents is 1. The summed E-state index contributed by atoms with van der Waals surface area (Å²) in [7, 11) is 0. The molecule has 0 fully saturated rings. The molecule has 22 heavy (non-hydrogen) atoms. The molecule has 0 saturated heterocycles. The Morgan fingerprint density at radius 2 is 2.09 bits per heavy atom. The van der Waals surface area contributed by atoms with Crippen LogP contribution >= 0.6 is 0 Å². The van der Waals surface area contributed by atoms with Crippen LogP contribution in [-0.4, -0.2) is 24.6 Å². The molecule has 0 radical (unpaired) electrons. The van der Waals surface area contributed by atoms with Crippen molar-refractivity contribution in [2.24, 2.45) is 0 Å². The molecule has 0 unspecified atom stereocenters. The van der Waals surface area contributed by atoms with Crippen LogP contribution in [0.5, 0.6) is 0 Å². The fraction of sp³-hybridized carbons (Fsp3) is 0.0769. The van der Waals surface area contributed by atoms with Crippen molar-refractivity contribution < 1.29 is 9.45 Å². The summed E-state index contributed by atoms with van der Waals surface area (Å²) in [5.41, 5.74) is 0.621. The van der Waals surface area contributed by atoms with Crippen molar-refractivity contribution in [3.05, 3.63) is 69.1 Å². The van der Waals surface area contributed by atoms with Crippen LogP contribution in [0.4, 0.5) is 5.69 Å². The molecule has 2 heterocycles. The first-order valence-electron chi connectivity index (χ1n) is 6.22. The van der Waals surface area contributed by atoms with Gasteiger partial charge in [0.05, 0.1) is 17.7 Å². The first kappa shape index (κ1) is 13.6. The van der Waals surface area contributed by atoms with Crippen LogP contribution in [0.3, 0.4) is 0 Å². The third kappa shape index (κ3) is 2.46. The second kappa shape index (κ2) is 5.56. The molecular weight excluding hydrogens is 290 g/mol. The van der Waals surface area contributed by atoms with Gasteiger partial charge in [0.1, 0.15) is 5.69 Å². The van der Waals surface area contributed by atoms with Crippen molar-refractivity contribution >= 4 is 5.69 Å². The zero-order valence-corrected chi connectivity index (χ0v) is 11.1. The third-order valence-electron chi connectivity index (χ3n) is 3.00. The van der Waals surface area contributed by atoms with Crippen molar-refractivity contribution in [2.75, 3.05) is 0 Å². The fourth-order valence-corrected chi connectivity index (χ4v) is 2.00. The highest BCUT2D eigenvalue weighted by Gasteiger charge is 2.19. The van der Waals surface area contributed by atoms with Gasteiger partial charge in [0, 0.05) is 24.0 Å². The Labute approximate surface area is 123 Å². The van der Waals surface area contributed by atoms with E-state index in [9.17, 15) is 14.9 Å². The highest BCUT2D eigenvalue weighted by atomic mass is 16.6. The van der Waals surface area contributed by atoms with E-state index in [0.29, 0.717) is 11.3 Å². The Kier molecular flexibility index (Phi) is 3.44. The van der Waals surface area contributed by atoms with E-state index in [0.717, 1.165) is 0 Å². The minimum absolute atomic E-state index is 0.0502. The molecule has 1 aromatic carbocycles. The van der Waals surface area contributed by atoms with Gasteiger partial charge < -0.3 is 0 Å². The van der Waals surface area contributed by atoms with Gasteiger partial charge in [-0.15, -0.1) is 0 Å². The largest absolute Gasteiger partial charge is 0.442 e. The summed E-state index contributed by atoms with van der Waals surface area (Å²) in [4.78, 5) is 30.3. The Morgan fingerprint density at radius 1 is 1.27 bits per heavy atom. The maximum absolute atomic E-state index is 11.8. The molecule has 0 spiro atoms. The van der Waals surface area contributed by atoms with E-state index < -0.39 is 10.7 Å². The van der Waals surface area contributed by atoms with E-state index in [4.69, 9.17) is 0 Å². The maximum atomic E-state index is 11.8. The van der Waals surface area contributed by atoms with Gasteiger partial charge in [-0.25, -0.2) is 9.78 Å². The van der Waals surface area contributed by atoms with Gasteiger partial charge in [-0.1, -0.05) is 23.4 Å². The number of para-hydroxylation sites is 1. The first-order valence-corrected chi connectivity index (χ1v) is 6.22. The molecule has 0 bridgehead atoms. The molecule has 9 nitrogen and oxygen atoms in total. The van der Waals surface area contributed by atoms with Gasteiger partial charge in [0.2, 0.25) is 5.82 Å². The van der Waals surface area contributed by atoms with Crippen LogP contribution in [0.2, 0.25) is 0 Å². The summed E-state index contributed by atoms with van der Waals surface area (Å²) < 4.78 is 5.82. The number of benzene rings is 1. The van der Waals surface area contributed by atoms with Crippen LogP contribution in [0.1, 0.15) is 5.56 Å². The lowest BCUT2D eigenvalue weighted by Crippen LogP contribution is -2.17. The molecule has 0 aliphatic rings. The molecule has 3 aromatic rings. The van der Waals surface area contributed by atoms with Crippen LogP contribution in [-0.2, 0) is 6.54 Å². The summed E-state index contributed by atoms with van der Waals surface area (Å²) in [5, 5.41) is 14.7. The summed E-state index contributed by atoms with van der Waals surface area (Å²) in [5.74, 6) is -0.560. The number of aromatic nitrogens is 4. The molecule has 9 heteroatoms. The third-order valence-corrected chi connectivity index (χ3v) is 3.00. The number of hydrogen-bond donors (Lipinski definition) is 0. The molecule has 2 aromatic heterocycles. The Balaban J connectivity index is 2.06. The monoisotopic (exact) mass is 299 g/mol. The minimum Gasteiger partial charge on any atom is -0.295 e. The lowest BCUT2D eigenvalue weighted by molar-refractivity contribution is -0.385. The summed E-state index contributed by atoms with van der Waals surface area (Å²) in [6, 6.07) is 6.15. The quantitative estimate of drug-likeness (QED) is 0.525. The standard InChI is InChI=1S/C13H9N5O4/c19-13-17(8-9-3-1-2-4-11(9)18(20)21)12(16-22-13)10-7-14-5-6-15-10/h1-7H,8H2. The SMILES string of the molecule is O=c1onc(-c2cnccn2)n1Cc1ccccc1[N+](=O)[O-]. The van der Waals surface area contributed by atoms with E-state index in [1.807, 2.05) is 0 Å². The molecule has 3 rings (SSSR count). The van der Waals surface area contributed by atoms with Gasteiger partial charge in [0.15, 0.2) is 0 Å². The average molecular weight is 299 g/mol. The molecule has 0 saturated carbocycles. The highest BCUT2D eigenvalue weighted by Crippen LogP contribution is 2.20. The average Bonchev–Trinajstić information content (AvgIpc) is 2.90. The summed E-state index contributed by atoms with van der Waals surface area (Å²) in [6.07, 6.45) is 4.35. The number of rotatable bonds is 4. The van der Waals surface area contributed by atoms with Gasteiger partial charge >= 0.3 is 5.76 Å². The zero-order chi connectivity index (χ0) is 15.5. The van der Waals surface area contributed by atoms with Gasteiger partial charge in [-0.2, -0.15) is 0 Å². The van der Waals surface area contributed by atoms with Crippen LogP contribution in [0.15, 0.2) is 52.2 Å². The summed E-state index contributed by atoms with van der Waals surface area (Å²) in [6.45, 7) is -0.0502. The number of nitro groups is 1. The molecule has 0 N–H and O–H groups in total. The van der Waals surface area contributed by atoms with E-state index in [1.165, 1.54) is 29.2 Å². The van der Waals surface area contributed by atoms with Gasteiger partial charge in [-0.3, -0.25) is 24.2 Å². The van der Waals surface area contributed by atoms with Crippen molar-refractivity contribution in [3.8, 4) is 11.5 Å². The first-order chi connectivity index (χ1) is 10.7. The topological polar surface area (TPSA) is 117 Å². The number of nitrogens with zero attached hydrogens (tertiary/aromatic N) is 5. The maximum Gasteiger partial charge on any atom is 0.442 e. The predicted octanol–water partition coefficient (Wildman–Crippen LogP) is 1.25. The molecule has 0 atom stereocenters. The lowest BCUT2D eigenvalue weighted by Gasteiger charge is -2.04. The zero-order valence-electron chi connectivity index (χ0n) is 11.1. The van der Waals surface area contributed by atoms with Crippen molar-refractivity contribution in [2.45, 2.75) is 6.54 Å².